The van der Waals surface area contributed by atoms with E-state index in [2.05, 4.69) is 4.98 Å². The highest BCUT2D eigenvalue weighted by Crippen LogP contribution is 2.21. The van der Waals surface area contributed by atoms with E-state index in [4.69, 9.17) is 4.74 Å². The van der Waals surface area contributed by atoms with Crippen LogP contribution in [0.25, 0.3) is 0 Å². The van der Waals surface area contributed by atoms with Crippen LogP contribution in [0.5, 0.6) is 0 Å². The van der Waals surface area contributed by atoms with Crippen molar-refractivity contribution in [1.29, 1.82) is 0 Å². The molecular weight excluding hydrogens is 232 g/mol. The molecule has 98 valence electrons. The number of amides is 1. The predicted octanol–water partition coefficient (Wildman–Crippen LogP) is 1.63. The quantitative estimate of drug-likeness (QED) is 0.568. The molecule has 0 fully saturated rings. The van der Waals surface area contributed by atoms with E-state index in [-0.39, 0.29) is 5.92 Å². The minimum Gasteiger partial charge on any atom is -0.467 e. The standard InChI is InChI=1S/C13H18N2O3/c1-4-10(2)12(13(17)18-3)15(9-16)11-6-5-7-14-8-11/h5-10,12H,4H2,1-3H3. The summed E-state index contributed by atoms with van der Waals surface area (Å²) in [7, 11) is 1.32. The molecule has 2 unspecified atom stereocenters. The summed E-state index contributed by atoms with van der Waals surface area (Å²) >= 11 is 0. The van der Waals surface area contributed by atoms with Gasteiger partial charge < -0.3 is 4.74 Å². The smallest absolute Gasteiger partial charge is 0.329 e. The summed E-state index contributed by atoms with van der Waals surface area (Å²) < 4.78 is 4.78. The van der Waals surface area contributed by atoms with Crippen molar-refractivity contribution in [2.45, 2.75) is 26.3 Å². The van der Waals surface area contributed by atoms with Gasteiger partial charge in [-0.2, -0.15) is 0 Å². The number of hydrogen-bond donors (Lipinski definition) is 0. The van der Waals surface area contributed by atoms with Crippen LogP contribution in [0.1, 0.15) is 20.3 Å². The fraction of sp³-hybridized carbons (Fsp3) is 0.462. The molecule has 0 radical (unpaired) electrons. The van der Waals surface area contributed by atoms with E-state index in [1.165, 1.54) is 12.0 Å². The molecule has 0 aromatic carbocycles. The Balaban J connectivity index is 3.09. The Bertz CT molecular complexity index is 394. The van der Waals surface area contributed by atoms with Crippen LogP contribution in [0.15, 0.2) is 24.5 Å². The van der Waals surface area contributed by atoms with Crippen molar-refractivity contribution in [3.8, 4) is 0 Å². The fourth-order valence-electron chi connectivity index (χ4n) is 1.76. The molecule has 0 saturated carbocycles. The van der Waals surface area contributed by atoms with Crippen LogP contribution >= 0.6 is 0 Å². The van der Waals surface area contributed by atoms with Crippen molar-refractivity contribution in [3.05, 3.63) is 24.5 Å². The lowest BCUT2D eigenvalue weighted by atomic mass is 9.97. The van der Waals surface area contributed by atoms with Gasteiger partial charge in [-0.05, 0) is 18.1 Å². The van der Waals surface area contributed by atoms with Gasteiger partial charge in [0.1, 0.15) is 6.04 Å². The Morgan fingerprint density at radius 1 is 1.61 bits per heavy atom. The van der Waals surface area contributed by atoms with E-state index in [1.54, 1.807) is 24.5 Å². The van der Waals surface area contributed by atoms with Gasteiger partial charge in [-0.15, -0.1) is 0 Å². The van der Waals surface area contributed by atoms with E-state index in [9.17, 15) is 9.59 Å². The zero-order chi connectivity index (χ0) is 13.5. The van der Waals surface area contributed by atoms with Crippen molar-refractivity contribution >= 4 is 18.1 Å². The second-order valence-electron chi connectivity index (χ2n) is 4.08. The number of pyridine rings is 1. The molecule has 1 heterocycles. The Morgan fingerprint density at radius 3 is 2.78 bits per heavy atom. The highest BCUT2D eigenvalue weighted by Gasteiger charge is 2.31. The Hall–Kier alpha value is -1.91. The maximum atomic E-state index is 11.8. The van der Waals surface area contributed by atoms with Crippen LogP contribution in [0.4, 0.5) is 5.69 Å². The van der Waals surface area contributed by atoms with Crippen molar-refractivity contribution in [2.24, 2.45) is 5.92 Å². The average molecular weight is 250 g/mol. The lowest BCUT2D eigenvalue weighted by molar-refractivity contribution is -0.144. The van der Waals surface area contributed by atoms with Gasteiger partial charge in [0.25, 0.3) is 0 Å². The van der Waals surface area contributed by atoms with Gasteiger partial charge >= 0.3 is 5.97 Å². The molecule has 5 nitrogen and oxygen atoms in total. The van der Waals surface area contributed by atoms with E-state index >= 15 is 0 Å². The number of carbonyl (C=O) groups excluding carboxylic acids is 2. The van der Waals surface area contributed by atoms with Crippen molar-refractivity contribution in [3.63, 3.8) is 0 Å². The van der Waals surface area contributed by atoms with E-state index in [0.717, 1.165) is 6.42 Å². The molecule has 18 heavy (non-hydrogen) atoms. The van der Waals surface area contributed by atoms with Gasteiger partial charge in [-0.25, -0.2) is 4.79 Å². The minimum absolute atomic E-state index is 0.00264. The second kappa shape index (κ2) is 6.74. The predicted molar refractivity (Wildman–Crippen MR) is 68.0 cm³/mol. The molecule has 0 aliphatic rings. The first-order valence-corrected chi connectivity index (χ1v) is 5.87. The maximum Gasteiger partial charge on any atom is 0.329 e. The molecular formula is C13H18N2O3. The molecule has 0 bridgehead atoms. The largest absolute Gasteiger partial charge is 0.467 e. The molecule has 2 atom stereocenters. The number of nitrogens with zero attached hydrogens (tertiary/aromatic N) is 2. The molecule has 0 saturated heterocycles. The number of anilines is 1. The summed E-state index contributed by atoms with van der Waals surface area (Å²) in [4.78, 5) is 28.4. The normalized spacial score (nSPS) is 13.5. The van der Waals surface area contributed by atoms with Gasteiger partial charge in [0.05, 0.1) is 19.0 Å². The Kier molecular flexibility index (Phi) is 5.30. The highest BCUT2D eigenvalue weighted by atomic mass is 16.5. The molecule has 1 aromatic rings. The van der Waals surface area contributed by atoms with E-state index < -0.39 is 12.0 Å². The van der Waals surface area contributed by atoms with Crippen molar-refractivity contribution in [1.82, 2.24) is 4.98 Å². The average Bonchev–Trinajstić information content (AvgIpc) is 2.44. The molecule has 0 spiro atoms. The molecule has 0 aliphatic heterocycles. The SMILES string of the molecule is CCC(C)C(C(=O)OC)N(C=O)c1cccnc1. The van der Waals surface area contributed by atoms with Crippen molar-refractivity contribution in [2.75, 3.05) is 12.0 Å². The zero-order valence-corrected chi connectivity index (χ0v) is 10.9. The third-order valence-electron chi connectivity index (χ3n) is 2.98. The molecule has 1 aromatic heterocycles. The Labute approximate surface area is 107 Å². The van der Waals surface area contributed by atoms with Crippen LogP contribution in [0, 0.1) is 5.92 Å². The molecule has 0 aliphatic carbocycles. The molecule has 1 amide bonds. The number of aromatic nitrogens is 1. The van der Waals surface area contributed by atoms with Crippen LogP contribution < -0.4 is 4.90 Å². The first-order valence-electron chi connectivity index (χ1n) is 5.87. The monoisotopic (exact) mass is 250 g/mol. The number of esters is 1. The summed E-state index contributed by atoms with van der Waals surface area (Å²) in [5, 5.41) is 0. The number of rotatable bonds is 6. The fourth-order valence-corrected chi connectivity index (χ4v) is 1.76. The number of methoxy groups -OCH3 is 1. The van der Waals surface area contributed by atoms with Gasteiger partial charge in [0, 0.05) is 6.20 Å². The number of ether oxygens (including phenoxy) is 1. The summed E-state index contributed by atoms with van der Waals surface area (Å²) in [6.07, 6.45) is 4.57. The van der Waals surface area contributed by atoms with E-state index in [0.29, 0.717) is 12.1 Å². The van der Waals surface area contributed by atoms with Crippen LogP contribution in [0.3, 0.4) is 0 Å². The van der Waals surface area contributed by atoms with Gasteiger partial charge in [0.2, 0.25) is 6.41 Å². The summed E-state index contributed by atoms with van der Waals surface area (Å²) in [6, 6.07) is 2.83. The molecule has 1 rings (SSSR count). The number of hydrogen-bond acceptors (Lipinski definition) is 4. The first-order chi connectivity index (χ1) is 8.65. The molecule has 0 N–H and O–H groups in total. The topological polar surface area (TPSA) is 59.5 Å². The van der Waals surface area contributed by atoms with Crippen molar-refractivity contribution < 1.29 is 14.3 Å². The minimum atomic E-state index is -0.623. The molecule has 5 heteroatoms. The highest BCUT2D eigenvalue weighted by molar-refractivity contribution is 5.89. The van der Waals surface area contributed by atoms with Gasteiger partial charge in [-0.3, -0.25) is 14.7 Å². The van der Waals surface area contributed by atoms with Gasteiger partial charge in [0.15, 0.2) is 0 Å². The maximum absolute atomic E-state index is 11.8. The third kappa shape index (κ3) is 3.06. The summed E-state index contributed by atoms with van der Waals surface area (Å²) in [6.45, 7) is 3.88. The lowest BCUT2D eigenvalue weighted by Crippen LogP contribution is -2.45. The van der Waals surface area contributed by atoms with Gasteiger partial charge in [-0.1, -0.05) is 20.3 Å². The number of carbonyl (C=O) groups is 2. The zero-order valence-electron chi connectivity index (χ0n) is 10.9. The van der Waals surface area contributed by atoms with Crippen LogP contribution in [0.2, 0.25) is 0 Å². The summed E-state index contributed by atoms with van der Waals surface area (Å²) in [5.41, 5.74) is 0.586. The third-order valence-corrected chi connectivity index (χ3v) is 2.98. The first kappa shape index (κ1) is 14.2. The van der Waals surface area contributed by atoms with Crippen LogP contribution in [-0.2, 0) is 14.3 Å². The van der Waals surface area contributed by atoms with Crippen LogP contribution in [-0.4, -0.2) is 30.5 Å². The van der Waals surface area contributed by atoms with E-state index in [1.807, 2.05) is 13.8 Å². The second-order valence-corrected chi connectivity index (χ2v) is 4.08. The lowest BCUT2D eigenvalue weighted by Gasteiger charge is -2.30. The Morgan fingerprint density at radius 2 is 2.33 bits per heavy atom. The summed E-state index contributed by atoms with van der Waals surface area (Å²) in [5.74, 6) is -0.414.